The van der Waals surface area contributed by atoms with Crippen molar-refractivity contribution in [3.63, 3.8) is 0 Å². The molecule has 0 atom stereocenters. The van der Waals surface area contributed by atoms with Gasteiger partial charge in [-0.2, -0.15) is 0 Å². The number of benzene rings is 2. The smallest absolute Gasteiger partial charge is 0.267 e. The molecule has 0 spiro atoms. The number of hydrogen-bond acceptors (Lipinski definition) is 2. The van der Waals surface area contributed by atoms with E-state index in [1.165, 1.54) is 5.56 Å². The molecule has 0 saturated heterocycles. The lowest BCUT2D eigenvalue weighted by Gasteiger charge is -2.04. The fourth-order valence-corrected chi connectivity index (χ4v) is 3.51. The number of amides is 2. The highest BCUT2D eigenvalue weighted by atomic mass is 16.2. The molecule has 29 heavy (non-hydrogen) atoms. The molecule has 0 radical (unpaired) electrons. The monoisotopic (exact) mass is 385 g/mol. The van der Waals surface area contributed by atoms with Crippen molar-refractivity contribution in [2.45, 2.75) is 19.8 Å². The molecule has 1 aliphatic rings. The summed E-state index contributed by atoms with van der Waals surface area (Å²) < 4.78 is 0. The number of hydrogen-bond donors (Lipinski definition) is 3. The molecule has 0 bridgehead atoms. The van der Waals surface area contributed by atoms with Gasteiger partial charge in [0.1, 0.15) is 5.69 Å². The predicted octanol–water partition coefficient (Wildman–Crippen LogP) is 4.18. The third-order valence-corrected chi connectivity index (χ3v) is 5.07. The van der Waals surface area contributed by atoms with E-state index in [1.54, 1.807) is 0 Å². The van der Waals surface area contributed by atoms with Gasteiger partial charge in [-0.25, -0.2) is 0 Å². The molecule has 3 aromatic rings. The van der Waals surface area contributed by atoms with Crippen molar-refractivity contribution in [1.82, 2.24) is 10.3 Å². The van der Waals surface area contributed by atoms with Crippen molar-refractivity contribution in [3.8, 4) is 0 Å². The minimum atomic E-state index is -0.137. The summed E-state index contributed by atoms with van der Waals surface area (Å²) in [5.41, 5.74) is 5.73. The minimum absolute atomic E-state index is 0.132. The number of para-hydroxylation sites is 1. The summed E-state index contributed by atoms with van der Waals surface area (Å²) in [6.07, 6.45) is 3.61. The van der Waals surface area contributed by atoms with Crippen LogP contribution < -0.4 is 10.6 Å². The normalized spacial score (nSPS) is 14.0. The van der Waals surface area contributed by atoms with Crippen molar-refractivity contribution >= 4 is 29.2 Å². The molecule has 3 N–H and O–H groups in total. The van der Waals surface area contributed by atoms with Gasteiger partial charge >= 0.3 is 0 Å². The Hall–Kier alpha value is -3.60. The molecule has 4 rings (SSSR count). The summed E-state index contributed by atoms with van der Waals surface area (Å²) in [5.74, 6) is -0.269. The molecule has 5 nitrogen and oxygen atoms in total. The first kappa shape index (κ1) is 18.7. The Bertz CT molecular complexity index is 1080. The summed E-state index contributed by atoms with van der Waals surface area (Å²) in [7, 11) is 0. The van der Waals surface area contributed by atoms with Crippen LogP contribution in [0.25, 0.3) is 11.6 Å². The van der Waals surface area contributed by atoms with Gasteiger partial charge in [0.05, 0.1) is 5.57 Å². The topological polar surface area (TPSA) is 74.0 Å². The first-order valence-corrected chi connectivity index (χ1v) is 9.76. The molecule has 0 unspecified atom stereocenters. The van der Waals surface area contributed by atoms with Crippen molar-refractivity contribution in [2.24, 2.45) is 0 Å². The lowest BCUT2D eigenvalue weighted by Crippen LogP contribution is -2.25. The lowest BCUT2D eigenvalue weighted by atomic mass is 10.1. The third-order valence-electron chi connectivity index (χ3n) is 5.07. The van der Waals surface area contributed by atoms with Crippen LogP contribution in [-0.2, 0) is 11.2 Å². The van der Waals surface area contributed by atoms with E-state index in [2.05, 4.69) is 27.8 Å². The van der Waals surface area contributed by atoms with Gasteiger partial charge in [-0.15, -0.1) is 0 Å². The SMILES string of the molecule is Cc1cc(C(=O)NCCCc2ccccc2)[nH]c1C=C1C(=O)Nc2ccccc21. The van der Waals surface area contributed by atoms with Crippen LogP contribution in [0.4, 0.5) is 5.69 Å². The van der Waals surface area contributed by atoms with Crippen LogP contribution in [0, 0.1) is 6.92 Å². The molecule has 5 heteroatoms. The number of rotatable bonds is 6. The van der Waals surface area contributed by atoms with E-state index in [9.17, 15) is 9.59 Å². The molecule has 2 amide bonds. The van der Waals surface area contributed by atoms with E-state index in [-0.39, 0.29) is 11.8 Å². The number of nitrogens with one attached hydrogen (secondary N) is 3. The molecule has 0 fully saturated rings. The van der Waals surface area contributed by atoms with E-state index in [4.69, 9.17) is 0 Å². The largest absolute Gasteiger partial charge is 0.351 e. The number of aryl methyl sites for hydroxylation is 2. The molecule has 2 aromatic carbocycles. The second-order valence-corrected chi connectivity index (χ2v) is 7.18. The summed E-state index contributed by atoms with van der Waals surface area (Å²) in [6, 6.07) is 19.6. The maximum atomic E-state index is 12.5. The third kappa shape index (κ3) is 4.14. The minimum Gasteiger partial charge on any atom is -0.351 e. The Kier molecular flexibility index (Phi) is 5.29. The fourth-order valence-electron chi connectivity index (χ4n) is 3.51. The fraction of sp³-hybridized carbons (Fsp3) is 0.167. The van der Waals surface area contributed by atoms with Gasteiger partial charge in [0, 0.05) is 23.5 Å². The summed E-state index contributed by atoms with van der Waals surface area (Å²) in [5, 5.41) is 5.82. The van der Waals surface area contributed by atoms with Gasteiger partial charge in [-0.3, -0.25) is 9.59 Å². The quantitative estimate of drug-likeness (QED) is 0.440. The number of anilines is 1. The van der Waals surface area contributed by atoms with Crippen LogP contribution in [-0.4, -0.2) is 23.3 Å². The first-order chi connectivity index (χ1) is 14.1. The zero-order valence-electron chi connectivity index (χ0n) is 16.3. The van der Waals surface area contributed by atoms with Gasteiger partial charge in [0.25, 0.3) is 11.8 Å². The van der Waals surface area contributed by atoms with Crippen LogP contribution in [0.1, 0.15) is 39.3 Å². The van der Waals surface area contributed by atoms with Crippen LogP contribution >= 0.6 is 0 Å². The Balaban J connectivity index is 1.41. The maximum absolute atomic E-state index is 12.5. The molecule has 1 aliphatic heterocycles. The molecular weight excluding hydrogens is 362 g/mol. The molecular formula is C24H23N3O2. The van der Waals surface area contributed by atoms with E-state index < -0.39 is 0 Å². The molecule has 2 heterocycles. The van der Waals surface area contributed by atoms with Gasteiger partial charge < -0.3 is 15.6 Å². The second-order valence-electron chi connectivity index (χ2n) is 7.18. The van der Waals surface area contributed by atoms with Crippen LogP contribution in [0.2, 0.25) is 0 Å². The zero-order chi connectivity index (χ0) is 20.2. The Morgan fingerprint density at radius 2 is 1.83 bits per heavy atom. The van der Waals surface area contributed by atoms with Gasteiger partial charge in [-0.05, 0) is 49.1 Å². The first-order valence-electron chi connectivity index (χ1n) is 9.76. The summed E-state index contributed by atoms with van der Waals surface area (Å²) in [6.45, 7) is 2.53. The number of carbonyl (C=O) groups is 2. The van der Waals surface area contributed by atoms with Gasteiger partial charge in [-0.1, -0.05) is 48.5 Å². The predicted molar refractivity (Wildman–Crippen MR) is 116 cm³/mol. The number of H-pyrrole nitrogens is 1. The second kappa shape index (κ2) is 8.19. The van der Waals surface area contributed by atoms with E-state index in [0.29, 0.717) is 17.8 Å². The molecule has 0 saturated carbocycles. The number of aromatic amines is 1. The van der Waals surface area contributed by atoms with Gasteiger partial charge in [0.2, 0.25) is 0 Å². The molecule has 0 aliphatic carbocycles. The molecule has 146 valence electrons. The number of fused-ring (bicyclic) bond motifs is 1. The van der Waals surface area contributed by atoms with Gasteiger partial charge in [0.15, 0.2) is 0 Å². The van der Waals surface area contributed by atoms with Crippen LogP contribution in [0.15, 0.2) is 60.7 Å². The molecule has 1 aromatic heterocycles. The van der Waals surface area contributed by atoms with E-state index >= 15 is 0 Å². The summed E-state index contributed by atoms with van der Waals surface area (Å²) >= 11 is 0. The Labute approximate surface area is 169 Å². The van der Waals surface area contributed by atoms with E-state index in [0.717, 1.165) is 35.3 Å². The average molecular weight is 385 g/mol. The summed E-state index contributed by atoms with van der Waals surface area (Å²) in [4.78, 5) is 27.9. The number of carbonyl (C=O) groups excluding carboxylic acids is 2. The van der Waals surface area contributed by atoms with Crippen LogP contribution in [0.3, 0.4) is 0 Å². The Morgan fingerprint density at radius 3 is 2.66 bits per heavy atom. The standard InChI is InChI=1S/C24H23N3O2/c1-16-14-22(24(29)25-13-7-10-17-8-3-2-4-9-17)26-21(16)15-19-18-11-5-6-12-20(18)27-23(19)28/h2-6,8-9,11-12,14-15,26H,7,10,13H2,1H3,(H,25,29)(H,27,28). The highest BCUT2D eigenvalue weighted by molar-refractivity contribution is 6.34. The highest BCUT2D eigenvalue weighted by Crippen LogP contribution is 2.33. The number of aromatic nitrogens is 1. The van der Waals surface area contributed by atoms with E-state index in [1.807, 2.05) is 61.5 Å². The lowest BCUT2D eigenvalue weighted by molar-refractivity contribution is -0.110. The Morgan fingerprint density at radius 1 is 1.07 bits per heavy atom. The van der Waals surface area contributed by atoms with Crippen molar-refractivity contribution < 1.29 is 9.59 Å². The highest BCUT2D eigenvalue weighted by Gasteiger charge is 2.24. The maximum Gasteiger partial charge on any atom is 0.267 e. The van der Waals surface area contributed by atoms with Crippen molar-refractivity contribution in [3.05, 3.63) is 88.7 Å². The average Bonchev–Trinajstić information content (AvgIpc) is 3.26. The van der Waals surface area contributed by atoms with Crippen molar-refractivity contribution in [1.29, 1.82) is 0 Å². The zero-order valence-corrected chi connectivity index (χ0v) is 16.3. The van der Waals surface area contributed by atoms with Crippen LogP contribution in [0.5, 0.6) is 0 Å². The van der Waals surface area contributed by atoms with Crippen molar-refractivity contribution in [2.75, 3.05) is 11.9 Å².